The fraction of sp³-hybridized carbons (Fsp3) is 0.381. The zero-order chi connectivity index (χ0) is 18.4. The van der Waals surface area contributed by atoms with Gasteiger partial charge < -0.3 is 10.3 Å². The second-order valence-corrected chi connectivity index (χ2v) is 7.71. The van der Waals surface area contributed by atoms with Crippen LogP contribution in [0, 0.1) is 0 Å². The number of benzene rings is 1. The Morgan fingerprint density at radius 1 is 1.19 bits per heavy atom. The molecule has 6 heteroatoms. The lowest BCUT2D eigenvalue weighted by Crippen LogP contribution is -2.26. The van der Waals surface area contributed by atoms with E-state index in [9.17, 15) is 0 Å². The Morgan fingerprint density at radius 3 is 2.81 bits per heavy atom. The standard InChI is InChI=1S/C21H24N6/c1-13(2)19-16-11-15(14-5-7-22-8-6-14)3-4-17(16)24-20(19)21-25-18-12-23-9-10-27(18)26-21/h3-4,9-14,22,24H,5-8H2,1-2H3. The van der Waals surface area contributed by atoms with Crippen molar-refractivity contribution in [3.05, 3.63) is 47.9 Å². The summed E-state index contributed by atoms with van der Waals surface area (Å²) in [5.74, 6) is 1.75. The maximum atomic E-state index is 4.68. The third-order valence-electron chi connectivity index (χ3n) is 5.62. The van der Waals surface area contributed by atoms with E-state index >= 15 is 0 Å². The Balaban J connectivity index is 1.66. The van der Waals surface area contributed by atoms with Gasteiger partial charge in [-0.25, -0.2) is 9.50 Å². The summed E-state index contributed by atoms with van der Waals surface area (Å²) < 4.78 is 1.78. The van der Waals surface area contributed by atoms with Gasteiger partial charge in [-0.05, 0) is 61.0 Å². The minimum absolute atomic E-state index is 0.377. The Hall–Kier alpha value is -2.73. The van der Waals surface area contributed by atoms with Gasteiger partial charge in [0.25, 0.3) is 0 Å². The van der Waals surface area contributed by atoms with E-state index in [1.807, 2.05) is 6.20 Å². The normalized spacial score (nSPS) is 16.0. The van der Waals surface area contributed by atoms with Gasteiger partial charge in [-0.2, -0.15) is 0 Å². The molecule has 0 radical (unpaired) electrons. The smallest absolute Gasteiger partial charge is 0.198 e. The van der Waals surface area contributed by atoms with E-state index in [0.29, 0.717) is 11.8 Å². The number of nitrogens with zero attached hydrogens (tertiary/aromatic N) is 4. The summed E-state index contributed by atoms with van der Waals surface area (Å²) in [6.07, 6.45) is 7.72. The fourth-order valence-electron chi connectivity index (χ4n) is 4.27. The van der Waals surface area contributed by atoms with Gasteiger partial charge in [0, 0.05) is 23.3 Å². The van der Waals surface area contributed by atoms with Crippen LogP contribution in [0.4, 0.5) is 0 Å². The Labute approximate surface area is 158 Å². The van der Waals surface area contributed by atoms with Crippen molar-refractivity contribution in [3.63, 3.8) is 0 Å². The fourth-order valence-corrected chi connectivity index (χ4v) is 4.27. The van der Waals surface area contributed by atoms with E-state index in [1.54, 1.807) is 16.9 Å². The maximum absolute atomic E-state index is 4.68. The third kappa shape index (κ3) is 2.80. The minimum Gasteiger partial charge on any atom is -0.352 e. The number of fused-ring (bicyclic) bond motifs is 2. The van der Waals surface area contributed by atoms with Crippen molar-refractivity contribution in [1.82, 2.24) is 29.9 Å². The van der Waals surface area contributed by atoms with Crippen molar-refractivity contribution in [2.45, 2.75) is 38.5 Å². The number of nitrogens with one attached hydrogen (secondary N) is 2. The molecule has 1 aliphatic rings. The van der Waals surface area contributed by atoms with Gasteiger partial charge in [0.05, 0.1) is 11.9 Å². The molecule has 1 fully saturated rings. The van der Waals surface area contributed by atoms with Crippen LogP contribution in [0.2, 0.25) is 0 Å². The molecule has 0 saturated carbocycles. The SMILES string of the molecule is CC(C)c1c(-c2nc3cnccn3n2)[nH]c2ccc(C3CCNCC3)cc12. The van der Waals surface area contributed by atoms with Crippen molar-refractivity contribution >= 4 is 16.6 Å². The van der Waals surface area contributed by atoms with Crippen LogP contribution in [0.15, 0.2) is 36.8 Å². The summed E-state index contributed by atoms with van der Waals surface area (Å²) in [6, 6.07) is 6.89. The molecule has 138 valence electrons. The van der Waals surface area contributed by atoms with Crippen molar-refractivity contribution in [1.29, 1.82) is 0 Å². The van der Waals surface area contributed by atoms with Gasteiger partial charge in [0.15, 0.2) is 11.5 Å². The number of hydrogen-bond donors (Lipinski definition) is 2. The van der Waals surface area contributed by atoms with Gasteiger partial charge in [-0.15, -0.1) is 5.10 Å². The topological polar surface area (TPSA) is 70.9 Å². The zero-order valence-corrected chi connectivity index (χ0v) is 15.7. The molecule has 4 aromatic rings. The van der Waals surface area contributed by atoms with E-state index in [2.05, 4.69) is 57.4 Å². The summed E-state index contributed by atoms with van der Waals surface area (Å²) in [4.78, 5) is 12.4. The van der Waals surface area contributed by atoms with Crippen molar-refractivity contribution in [3.8, 4) is 11.5 Å². The molecule has 1 saturated heterocycles. The quantitative estimate of drug-likeness (QED) is 0.582. The summed E-state index contributed by atoms with van der Waals surface area (Å²) in [5, 5.41) is 9.42. The van der Waals surface area contributed by atoms with Crippen LogP contribution < -0.4 is 5.32 Å². The lowest BCUT2D eigenvalue weighted by Gasteiger charge is -2.23. The van der Waals surface area contributed by atoms with Crippen LogP contribution in [0.1, 0.15) is 49.7 Å². The second kappa shape index (κ2) is 6.46. The molecule has 5 rings (SSSR count). The van der Waals surface area contributed by atoms with E-state index in [4.69, 9.17) is 0 Å². The Bertz CT molecular complexity index is 1070. The molecule has 0 amide bonds. The predicted octanol–water partition coefficient (Wildman–Crippen LogP) is 3.86. The van der Waals surface area contributed by atoms with E-state index in [-0.39, 0.29) is 0 Å². The highest BCUT2D eigenvalue weighted by atomic mass is 15.3. The molecule has 0 spiro atoms. The van der Waals surface area contributed by atoms with Crippen molar-refractivity contribution < 1.29 is 0 Å². The first-order valence-electron chi connectivity index (χ1n) is 9.73. The maximum Gasteiger partial charge on any atom is 0.198 e. The van der Waals surface area contributed by atoms with Crippen LogP contribution in [-0.2, 0) is 0 Å². The number of aromatic nitrogens is 5. The third-order valence-corrected chi connectivity index (χ3v) is 5.62. The average Bonchev–Trinajstić information content (AvgIpc) is 3.29. The highest BCUT2D eigenvalue weighted by molar-refractivity contribution is 5.91. The summed E-state index contributed by atoms with van der Waals surface area (Å²) in [6.45, 7) is 6.69. The van der Waals surface area contributed by atoms with E-state index in [0.717, 1.165) is 35.8 Å². The van der Waals surface area contributed by atoms with Crippen molar-refractivity contribution in [2.24, 2.45) is 0 Å². The number of H-pyrrole nitrogens is 1. The summed E-state index contributed by atoms with van der Waals surface area (Å²) in [7, 11) is 0. The minimum atomic E-state index is 0.377. The molecule has 0 unspecified atom stereocenters. The first-order chi connectivity index (χ1) is 13.2. The van der Waals surface area contributed by atoms with E-state index in [1.165, 1.54) is 29.4 Å². The van der Waals surface area contributed by atoms with E-state index < -0.39 is 0 Å². The first-order valence-corrected chi connectivity index (χ1v) is 9.73. The Morgan fingerprint density at radius 2 is 2.04 bits per heavy atom. The van der Waals surface area contributed by atoms with Crippen LogP contribution in [-0.4, -0.2) is 37.7 Å². The monoisotopic (exact) mass is 360 g/mol. The molecule has 1 aromatic carbocycles. The molecule has 4 heterocycles. The molecule has 27 heavy (non-hydrogen) atoms. The molecule has 0 aliphatic carbocycles. The Kier molecular flexibility index (Phi) is 3.93. The van der Waals surface area contributed by atoms with Gasteiger partial charge in [-0.1, -0.05) is 19.9 Å². The molecule has 0 atom stereocenters. The molecule has 0 bridgehead atoms. The zero-order valence-electron chi connectivity index (χ0n) is 15.7. The van der Waals surface area contributed by atoms with Crippen LogP contribution >= 0.6 is 0 Å². The lowest BCUT2D eigenvalue weighted by molar-refractivity contribution is 0.460. The van der Waals surface area contributed by atoms with Gasteiger partial charge in [-0.3, -0.25) is 4.98 Å². The second-order valence-electron chi connectivity index (χ2n) is 7.71. The highest BCUT2D eigenvalue weighted by Crippen LogP contribution is 2.37. The van der Waals surface area contributed by atoms with Crippen LogP contribution in [0.5, 0.6) is 0 Å². The predicted molar refractivity (Wildman–Crippen MR) is 107 cm³/mol. The van der Waals surface area contributed by atoms with Gasteiger partial charge >= 0.3 is 0 Å². The number of aromatic amines is 1. The molecular weight excluding hydrogens is 336 g/mol. The number of rotatable bonds is 3. The van der Waals surface area contributed by atoms with Gasteiger partial charge in [0.2, 0.25) is 0 Å². The largest absolute Gasteiger partial charge is 0.352 e. The number of hydrogen-bond acceptors (Lipinski definition) is 4. The average molecular weight is 360 g/mol. The molecule has 2 N–H and O–H groups in total. The molecule has 3 aromatic heterocycles. The lowest BCUT2D eigenvalue weighted by atomic mass is 9.88. The summed E-state index contributed by atoms with van der Waals surface area (Å²) >= 11 is 0. The van der Waals surface area contributed by atoms with Crippen LogP contribution in [0.3, 0.4) is 0 Å². The highest BCUT2D eigenvalue weighted by Gasteiger charge is 2.21. The number of piperidine rings is 1. The van der Waals surface area contributed by atoms with Gasteiger partial charge in [0.1, 0.15) is 0 Å². The van der Waals surface area contributed by atoms with Crippen molar-refractivity contribution in [2.75, 3.05) is 13.1 Å². The van der Waals surface area contributed by atoms with Crippen LogP contribution in [0.25, 0.3) is 28.1 Å². The molecule has 1 aliphatic heterocycles. The molecular formula is C21H24N6. The first kappa shape index (κ1) is 16.4. The summed E-state index contributed by atoms with van der Waals surface area (Å²) in [5.41, 5.74) is 5.68. The molecule has 6 nitrogen and oxygen atoms in total.